The second-order valence-electron chi connectivity index (χ2n) is 10.2. The van der Waals surface area contributed by atoms with Crippen LogP contribution in [-0.2, 0) is 0 Å². The molecule has 0 saturated heterocycles. The van der Waals surface area contributed by atoms with Crippen molar-refractivity contribution in [2.45, 2.75) is 0 Å². The van der Waals surface area contributed by atoms with Crippen LogP contribution >= 0.6 is 0 Å². The summed E-state index contributed by atoms with van der Waals surface area (Å²) in [5, 5.41) is 21.4. The summed E-state index contributed by atoms with van der Waals surface area (Å²) in [4.78, 5) is 0. The number of nitrogens with zero attached hydrogens (tertiary/aromatic N) is 1. The maximum atomic E-state index is 9.82. The van der Waals surface area contributed by atoms with Gasteiger partial charge in [-0.3, -0.25) is 0 Å². The van der Waals surface area contributed by atoms with E-state index in [1.54, 1.807) is 0 Å². The minimum Gasteiger partial charge on any atom is -0.511 e. The molecule has 0 aliphatic heterocycles. The Morgan fingerprint density at radius 1 is 0.486 bits per heavy atom. The number of rotatable bonds is 5. The van der Waals surface area contributed by atoms with Crippen LogP contribution in [0.5, 0.6) is 5.75 Å². The molecule has 4 nitrogen and oxygen atoms in total. The van der Waals surface area contributed by atoms with Gasteiger partial charge in [-0.1, -0.05) is 115 Å². The summed E-state index contributed by atoms with van der Waals surface area (Å²) in [5.41, 5.74) is 5.92. The molecule has 0 amide bonds. The fourth-order valence-corrected chi connectivity index (χ4v) is 4.31. The monoisotopic (exact) mass is 490 g/mol. The summed E-state index contributed by atoms with van der Waals surface area (Å²) in [6.07, 6.45) is 0. The van der Waals surface area contributed by atoms with Crippen molar-refractivity contribution in [1.82, 2.24) is 0 Å². The normalized spacial score (nSPS) is 11.0. The average Bonchev–Trinajstić information content (AvgIpc) is 2.88. The average molecular weight is 490 g/mol. The van der Waals surface area contributed by atoms with Gasteiger partial charge in [0.05, 0.1) is 28.2 Å². The molecular formula is C32H33BNO3+. The second kappa shape index (κ2) is 11.4. The van der Waals surface area contributed by atoms with Crippen LogP contribution in [0.4, 0.5) is 0 Å². The van der Waals surface area contributed by atoms with Crippen LogP contribution in [0.3, 0.4) is 0 Å². The van der Waals surface area contributed by atoms with Crippen LogP contribution in [-0.4, -0.2) is 50.0 Å². The SMILES string of the molecule is C[N+](C)(C)C.OB(O)Oc1c(-c2ccccc2)c(-c2ccccc2)c(-c2ccccc2)c2ccccc12. The van der Waals surface area contributed by atoms with Crippen LogP contribution in [0, 0.1) is 0 Å². The predicted octanol–water partition coefficient (Wildman–Crippen LogP) is 6.51. The van der Waals surface area contributed by atoms with Crippen LogP contribution < -0.4 is 4.65 Å². The van der Waals surface area contributed by atoms with Crippen molar-refractivity contribution < 1.29 is 19.2 Å². The van der Waals surface area contributed by atoms with Crippen molar-refractivity contribution in [1.29, 1.82) is 0 Å². The van der Waals surface area contributed by atoms with Crippen LogP contribution in [0.25, 0.3) is 44.2 Å². The molecule has 0 aliphatic carbocycles. The van der Waals surface area contributed by atoms with E-state index in [0.717, 1.165) is 48.6 Å². The zero-order valence-corrected chi connectivity index (χ0v) is 21.8. The first kappa shape index (κ1) is 26.2. The second-order valence-corrected chi connectivity index (χ2v) is 10.2. The number of fused-ring (bicyclic) bond motifs is 1. The summed E-state index contributed by atoms with van der Waals surface area (Å²) in [5.74, 6) is 0.445. The Hall–Kier alpha value is -3.90. The molecule has 2 N–H and O–H groups in total. The summed E-state index contributed by atoms with van der Waals surface area (Å²) in [7, 11) is 6.56. The summed E-state index contributed by atoms with van der Waals surface area (Å²) in [6.45, 7) is 0. The van der Waals surface area contributed by atoms with Crippen molar-refractivity contribution in [2.75, 3.05) is 28.2 Å². The summed E-state index contributed by atoms with van der Waals surface area (Å²) >= 11 is 0. The molecule has 0 fully saturated rings. The highest BCUT2D eigenvalue weighted by atomic mass is 16.6. The van der Waals surface area contributed by atoms with Crippen LogP contribution in [0.15, 0.2) is 115 Å². The highest BCUT2D eigenvalue weighted by Crippen LogP contribution is 2.50. The first-order chi connectivity index (χ1) is 17.7. The maximum absolute atomic E-state index is 9.82. The highest BCUT2D eigenvalue weighted by molar-refractivity contribution is 6.34. The predicted molar refractivity (Wildman–Crippen MR) is 155 cm³/mol. The number of quaternary nitrogens is 1. The van der Waals surface area contributed by atoms with E-state index in [1.807, 2.05) is 84.9 Å². The van der Waals surface area contributed by atoms with E-state index >= 15 is 0 Å². The van der Waals surface area contributed by atoms with Crippen molar-refractivity contribution in [2.24, 2.45) is 0 Å². The molecule has 186 valence electrons. The lowest BCUT2D eigenvalue weighted by atomic mass is 9.83. The molecule has 0 unspecified atom stereocenters. The van der Waals surface area contributed by atoms with Gasteiger partial charge in [0.1, 0.15) is 5.75 Å². The van der Waals surface area contributed by atoms with E-state index < -0.39 is 7.32 Å². The van der Waals surface area contributed by atoms with Gasteiger partial charge in [0, 0.05) is 16.5 Å². The molecule has 0 bridgehead atoms. The quantitative estimate of drug-likeness (QED) is 0.218. The van der Waals surface area contributed by atoms with Gasteiger partial charge in [-0.25, -0.2) is 0 Å². The van der Waals surface area contributed by atoms with Gasteiger partial charge >= 0.3 is 7.32 Å². The van der Waals surface area contributed by atoms with E-state index in [1.165, 1.54) is 0 Å². The Morgan fingerprint density at radius 3 is 1.27 bits per heavy atom. The van der Waals surface area contributed by atoms with Gasteiger partial charge < -0.3 is 19.2 Å². The first-order valence-electron chi connectivity index (χ1n) is 12.3. The lowest BCUT2D eigenvalue weighted by Gasteiger charge is -2.23. The number of hydrogen-bond acceptors (Lipinski definition) is 3. The standard InChI is InChI=1S/C28H21BO3.C4H12N/c30-29(31)32-28-24-19-11-10-18-23(24)25(20-12-4-1-5-13-20)26(21-14-6-2-7-15-21)27(28)22-16-8-3-9-17-22;1-5(2,3)4/h1-19,30-31H;1-4H3/q;+1. The molecule has 0 atom stereocenters. The van der Waals surface area contributed by atoms with E-state index in [2.05, 4.69) is 58.5 Å². The molecule has 0 saturated carbocycles. The van der Waals surface area contributed by atoms with Gasteiger partial charge in [0.15, 0.2) is 0 Å². The molecule has 5 rings (SSSR count). The third-order valence-electron chi connectivity index (χ3n) is 5.58. The van der Waals surface area contributed by atoms with Gasteiger partial charge in [0.25, 0.3) is 0 Å². The fourth-order valence-electron chi connectivity index (χ4n) is 4.31. The minimum absolute atomic E-state index is 0.445. The minimum atomic E-state index is -1.94. The Morgan fingerprint density at radius 2 is 0.838 bits per heavy atom. The van der Waals surface area contributed by atoms with Crippen molar-refractivity contribution in [3.63, 3.8) is 0 Å². The van der Waals surface area contributed by atoms with Gasteiger partial charge in [-0.05, 0) is 27.6 Å². The Bertz CT molecular complexity index is 1440. The van der Waals surface area contributed by atoms with E-state index in [-0.39, 0.29) is 0 Å². The van der Waals surface area contributed by atoms with Crippen LogP contribution in [0.2, 0.25) is 0 Å². The molecule has 0 aliphatic rings. The summed E-state index contributed by atoms with van der Waals surface area (Å²) < 4.78 is 6.68. The molecule has 0 spiro atoms. The molecular weight excluding hydrogens is 457 g/mol. The fraction of sp³-hybridized carbons (Fsp3) is 0.125. The number of hydrogen-bond donors (Lipinski definition) is 2. The molecule has 0 radical (unpaired) electrons. The topological polar surface area (TPSA) is 49.7 Å². The smallest absolute Gasteiger partial charge is 0.511 e. The lowest BCUT2D eigenvalue weighted by molar-refractivity contribution is -0.849. The van der Waals surface area contributed by atoms with Crippen LogP contribution in [0.1, 0.15) is 0 Å². The van der Waals surface area contributed by atoms with Gasteiger partial charge in [0.2, 0.25) is 0 Å². The Labute approximate surface area is 219 Å². The van der Waals surface area contributed by atoms with E-state index in [4.69, 9.17) is 4.65 Å². The summed E-state index contributed by atoms with van der Waals surface area (Å²) in [6, 6.07) is 38.3. The third kappa shape index (κ3) is 6.46. The Balaban J connectivity index is 0.000000586. The van der Waals surface area contributed by atoms with Crippen molar-refractivity contribution >= 4 is 18.1 Å². The molecule has 0 aromatic heterocycles. The zero-order chi connectivity index (χ0) is 26.4. The largest absolute Gasteiger partial charge is 0.707 e. The molecule has 0 heterocycles. The molecule has 5 aromatic rings. The Kier molecular flexibility index (Phi) is 8.09. The maximum Gasteiger partial charge on any atom is 0.707 e. The van der Waals surface area contributed by atoms with Crippen molar-refractivity contribution in [3.8, 4) is 39.1 Å². The first-order valence-corrected chi connectivity index (χ1v) is 12.3. The van der Waals surface area contributed by atoms with E-state index in [9.17, 15) is 10.0 Å². The molecule has 5 heteroatoms. The molecule has 5 aromatic carbocycles. The van der Waals surface area contributed by atoms with E-state index in [0.29, 0.717) is 5.75 Å². The van der Waals surface area contributed by atoms with Crippen molar-refractivity contribution in [3.05, 3.63) is 115 Å². The molecule has 37 heavy (non-hydrogen) atoms. The van der Waals surface area contributed by atoms with Gasteiger partial charge in [-0.15, -0.1) is 0 Å². The highest BCUT2D eigenvalue weighted by Gasteiger charge is 2.26. The zero-order valence-electron chi connectivity index (χ0n) is 21.8. The number of benzene rings is 5. The third-order valence-corrected chi connectivity index (χ3v) is 5.58. The lowest BCUT2D eigenvalue weighted by Crippen LogP contribution is -2.27. The van der Waals surface area contributed by atoms with Gasteiger partial charge in [-0.2, -0.15) is 0 Å².